The highest BCUT2D eigenvalue weighted by atomic mass is 79.9. The standard InChI is InChI=1S/C19H17BrN4O/c1-2-13-6-8-14(9-7-13)18-16(11-21-23-18)12-22-24-19(25)15-4-3-5-17(20)10-15/h3-12H,2H2,1H3,(H,21,23)(H,24,25)/b22-12+. The van der Waals surface area contributed by atoms with Gasteiger partial charge in [-0.25, -0.2) is 5.43 Å². The summed E-state index contributed by atoms with van der Waals surface area (Å²) in [6.07, 6.45) is 4.26. The van der Waals surface area contributed by atoms with E-state index in [2.05, 4.69) is 55.7 Å². The van der Waals surface area contributed by atoms with Crippen LogP contribution in [0.3, 0.4) is 0 Å². The Bertz CT molecular complexity index is 900. The maximum absolute atomic E-state index is 12.1. The number of nitrogens with zero attached hydrogens (tertiary/aromatic N) is 2. The molecule has 1 amide bonds. The van der Waals surface area contributed by atoms with Crippen LogP contribution in [0.2, 0.25) is 0 Å². The van der Waals surface area contributed by atoms with Gasteiger partial charge in [-0.05, 0) is 30.2 Å². The van der Waals surface area contributed by atoms with E-state index in [-0.39, 0.29) is 5.91 Å². The van der Waals surface area contributed by atoms with Crippen LogP contribution in [0.25, 0.3) is 11.3 Å². The van der Waals surface area contributed by atoms with Crippen molar-refractivity contribution < 1.29 is 4.79 Å². The summed E-state index contributed by atoms with van der Waals surface area (Å²) in [6.45, 7) is 2.12. The Kier molecular flexibility index (Phi) is 5.40. The zero-order valence-electron chi connectivity index (χ0n) is 13.7. The van der Waals surface area contributed by atoms with E-state index in [1.807, 2.05) is 18.2 Å². The minimum Gasteiger partial charge on any atom is -0.277 e. The highest BCUT2D eigenvalue weighted by molar-refractivity contribution is 9.10. The Hall–Kier alpha value is -2.73. The Morgan fingerprint density at radius 3 is 2.80 bits per heavy atom. The number of hydrazone groups is 1. The molecule has 0 aliphatic rings. The Balaban J connectivity index is 1.72. The third-order valence-corrected chi connectivity index (χ3v) is 4.27. The number of H-pyrrole nitrogens is 1. The summed E-state index contributed by atoms with van der Waals surface area (Å²) in [6, 6.07) is 15.4. The van der Waals surface area contributed by atoms with Gasteiger partial charge in [-0.2, -0.15) is 10.2 Å². The monoisotopic (exact) mass is 396 g/mol. The Labute approximate surface area is 154 Å². The number of aryl methyl sites for hydroxylation is 1. The van der Waals surface area contributed by atoms with Crippen LogP contribution in [0.1, 0.15) is 28.4 Å². The number of aromatic nitrogens is 2. The van der Waals surface area contributed by atoms with E-state index < -0.39 is 0 Å². The molecule has 0 aliphatic heterocycles. The topological polar surface area (TPSA) is 70.1 Å². The van der Waals surface area contributed by atoms with Crippen molar-refractivity contribution in [2.75, 3.05) is 0 Å². The summed E-state index contributed by atoms with van der Waals surface area (Å²) in [4.78, 5) is 12.1. The molecule has 1 aromatic heterocycles. The summed E-state index contributed by atoms with van der Waals surface area (Å²) in [7, 11) is 0. The zero-order valence-corrected chi connectivity index (χ0v) is 15.2. The number of aromatic amines is 1. The molecule has 3 aromatic rings. The molecule has 0 fully saturated rings. The van der Waals surface area contributed by atoms with Crippen molar-refractivity contribution in [2.24, 2.45) is 5.10 Å². The van der Waals surface area contributed by atoms with E-state index >= 15 is 0 Å². The number of hydrogen-bond donors (Lipinski definition) is 2. The van der Waals surface area contributed by atoms with Gasteiger partial charge in [-0.15, -0.1) is 0 Å². The van der Waals surface area contributed by atoms with Crippen LogP contribution in [0, 0.1) is 0 Å². The lowest BCUT2D eigenvalue weighted by Crippen LogP contribution is -2.17. The summed E-state index contributed by atoms with van der Waals surface area (Å²) in [5.74, 6) is -0.269. The molecule has 1 heterocycles. The van der Waals surface area contributed by atoms with Crippen LogP contribution in [0.5, 0.6) is 0 Å². The minimum absolute atomic E-state index is 0.269. The molecule has 0 aliphatic carbocycles. The molecule has 0 unspecified atom stereocenters. The lowest BCUT2D eigenvalue weighted by molar-refractivity contribution is 0.0955. The molecular weight excluding hydrogens is 380 g/mol. The van der Waals surface area contributed by atoms with Crippen LogP contribution < -0.4 is 5.43 Å². The van der Waals surface area contributed by atoms with E-state index in [9.17, 15) is 4.79 Å². The SMILES string of the molecule is CCc1ccc(-c2[nH]ncc2/C=N/NC(=O)c2cccc(Br)c2)cc1. The molecule has 3 rings (SSSR count). The number of rotatable bonds is 5. The van der Waals surface area contributed by atoms with Crippen LogP contribution in [0.15, 0.2) is 64.3 Å². The van der Waals surface area contributed by atoms with Crippen LogP contribution in [-0.2, 0) is 6.42 Å². The van der Waals surface area contributed by atoms with Crippen LogP contribution in [0.4, 0.5) is 0 Å². The van der Waals surface area contributed by atoms with Crippen molar-refractivity contribution in [1.29, 1.82) is 0 Å². The number of halogens is 1. The molecule has 0 bridgehead atoms. The highest BCUT2D eigenvalue weighted by Crippen LogP contribution is 2.20. The third-order valence-electron chi connectivity index (χ3n) is 3.78. The van der Waals surface area contributed by atoms with E-state index in [0.29, 0.717) is 5.56 Å². The summed E-state index contributed by atoms with van der Waals surface area (Å²) in [5.41, 5.74) is 7.03. The highest BCUT2D eigenvalue weighted by Gasteiger charge is 2.07. The number of carbonyl (C=O) groups excluding carboxylic acids is 1. The van der Waals surface area contributed by atoms with E-state index in [1.54, 1.807) is 30.6 Å². The number of amides is 1. The van der Waals surface area contributed by atoms with Crippen molar-refractivity contribution in [3.05, 3.63) is 75.9 Å². The molecule has 6 heteroatoms. The minimum atomic E-state index is -0.269. The van der Waals surface area contributed by atoms with Crippen LogP contribution in [-0.4, -0.2) is 22.3 Å². The van der Waals surface area contributed by atoms with Gasteiger partial charge in [0, 0.05) is 21.2 Å². The van der Waals surface area contributed by atoms with Gasteiger partial charge in [0.05, 0.1) is 18.1 Å². The fraction of sp³-hybridized carbons (Fsp3) is 0.105. The van der Waals surface area contributed by atoms with Gasteiger partial charge in [0.2, 0.25) is 0 Å². The van der Waals surface area contributed by atoms with Gasteiger partial charge in [0.15, 0.2) is 0 Å². The molecule has 5 nitrogen and oxygen atoms in total. The molecule has 25 heavy (non-hydrogen) atoms. The first-order valence-electron chi connectivity index (χ1n) is 7.89. The van der Waals surface area contributed by atoms with E-state index in [0.717, 1.165) is 27.7 Å². The van der Waals surface area contributed by atoms with Crippen molar-refractivity contribution in [2.45, 2.75) is 13.3 Å². The summed E-state index contributed by atoms with van der Waals surface area (Å²) in [5, 5.41) is 11.1. The molecule has 0 radical (unpaired) electrons. The zero-order chi connectivity index (χ0) is 17.6. The van der Waals surface area contributed by atoms with Crippen molar-refractivity contribution in [3.63, 3.8) is 0 Å². The molecule has 126 valence electrons. The molecule has 2 N–H and O–H groups in total. The second-order valence-electron chi connectivity index (χ2n) is 5.46. The third kappa shape index (κ3) is 4.22. The summed E-state index contributed by atoms with van der Waals surface area (Å²) >= 11 is 3.34. The maximum atomic E-state index is 12.1. The van der Waals surface area contributed by atoms with Gasteiger partial charge >= 0.3 is 0 Å². The lowest BCUT2D eigenvalue weighted by atomic mass is 10.1. The fourth-order valence-electron chi connectivity index (χ4n) is 2.39. The second kappa shape index (κ2) is 7.90. The summed E-state index contributed by atoms with van der Waals surface area (Å²) < 4.78 is 0.844. The van der Waals surface area contributed by atoms with E-state index in [1.165, 1.54) is 5.56 Å². The van der Waals surface area contributed by atoms with Crippen molar-refractivity contribution in [3.8, 4) is 11.3 Å². The first-order valence-corrected chi connectivity index (χ1v) is 8.68. The predicted octanol–water partition coefficient (Wildman–Crippen LogP) is 4.17. The first-order chi connectivity index (χ1) is 12.2. The molecule has 0 saturated carbocycles. The van der Waals surface area contributed by atoms with Gasteiger partial charge in [-0.1, -0.05) is 53.2 Å². The Morgan fingerprint density at radius 2 is 2.08 bits per heavy atom. The van der Waals surface area contributed by atoms with Gasteiger partial charge in [0.1, 0.15) is 0 Å². The van der Waals surface area contributed by atoms with Crippen molar-refractivity contribution >= 4 is 28.1 Å². The normalized spacial score (nSPS) is 11.0. The molecule has 0 atom stereocenters. The quantitative estimate of drug-likeness (QED) is 0.501. The van der Waals surface area contributed by atoms with Gasteiger partial charge in [0.25, 0.3) is 5.91 Å². The average molecular weight is 397 g/mol. The number of hydrogen-bond acceptors (Lipinski definition) is 3. The molecule has 0 saturated heterocycles. The lowest BCUT2D eigenvalue weighted by Gasteiger charge is -2.02. The van der Waals surface area contributed by atoms with E-state index in [4.69, 9.17) is 0 Å². The average Bonchev–Trinajstić information content (AvgIpc) is 3.10. The second-order valence-corrected chi connectivity index (χ2v) is 6.38. The van der Waals surface area contributed by atoms with Gasteiger partial charge in [-0.3, -0.25) is 9.89 Å². The number of nitrogens with one attached hydrogen (secondary N) is 2. The van der Waals surface area contributed by atoms with Gasteiger partial charge < -0.3 is 0 Å². The predicted molar refractivity (Wildman–Crippen MR) is 103 cm³/mol. The Morgan fingerprint density at radius 1 is 1.28 bits per heavy atom. The fourth-order valence-corrected chi connectivity index (χ4v) is 2.79. The van der Waals surface area contributed by atoms with Crippen LogP contribution >= 0.6 is 15.9 Å². The number of carbonyl (C=O) groups is 1. The molecule has 0 spiro atoms. The van der Waals surface area contributed by atoms with Crippen molar-refractivity contribution in [1.82, 2.24) is 15.6 Å². The molecule has 2 aromatic carbocycles. The number of benzene rings is 2. The molecular formula is C19H17BrN4O. The first kappa shape index (κ1) is 17.1. The maximum Gasteiger partial charge on any atom is 0.271 e. The largest absolute Gasteiger partial charge is 0.277 e. The smallest absolute Gasteiger partial charge is 0.271 e.